The fourth-order valence-corrected chi connectivity index (χ4v) is 3.26. The molecule has 0 radical (unpaired) electrons. The maximum absolute atomic E-state index is 3.47. The van der Waals surface area contributed by atoms with Gasteiger partial charge >= 0.3 is 0 Å². The molecule has 1 nitrogen and oxygen atoms in total. The third-order valence-electron chi connectivity index (χ3n) is 2.08. The zero-order valence-corrected chi connectivity index (χ0v) is 11.4. The molecular weight excluding hydrogens is 290 g/mol. The molecule has 0 fully saturated rings. The summed E-state index contributed by atoms with van der Waals surface area (Å²) in [6.45, 7) is 2.02. The number of thiophene rings is 2. The molecule has 0 spiro atoms. The second-order valence-corrected chi connectivity index (χ2v) is 6.59. The van der Waals surface area contributed by atoms with Crippen molar-refractivity contribution in [2.24, 2.45) is 0 Å². The molecule has 80 valence electrons. The van der Waals surface area contributed by atoms with Crippen LogP contribution in [0.25, 0.3) is 0 Å². The van der Waals surface area contributed by atoms with E-state index in [2.05, 4.69) is 50.2 Å². The highest BCUT2D eigenvalue weighted by Crippen LogP contribution is 2.20. The van der Waals surface area contributed by atoms with Crippen molar-refractivity contribution in [3.05, 3.63) is 43.2 Å². The summed E-state index contributed by atoms with van der Waals surface area (Å²) < 4.78 is 1.21. The van der Waals surface area contributed by atoms with E-state index in [9.17, 15) is 0 Å². The lowest BCUT2D eigenvalue weighted by atomic mass is 10.3. The molecule has 2 rings (SSSR count). The summed E-state index contributed by atoms with van der Waals surface area (Å²) in [4.78, 5) is 1.45. The first-order valence-corrected chi connectivity index (χ1v) is 7.36. The average molecular weight is 302 g/mol. The Kier molecular flexibility index (Phi) is 4.38. The highest BCUT2D eigenvalue weighted by Gasteiger charge is 1.97. The summed E-state index contributed by atoms with van der Waals surface area (Å²) in [7, 11) is 0. The second kappa shape index (κ2) is 5.80. The van der Waals surface area contributed by atoms with Crippen molar-refractivity contribution in [2.45, 2.75) is 13.0 Å². The summed E-state index contributed by atoms with van der Waals surface area (Å²) >= 11 is 7.03. The van der Waals surface area contributed by atoms with Gasteiger partial charge in [0.05, 0.1) is 3.79 Å². The van der Waals surface area contributed by atoms with Crippen LogP contribution < -0.4 is 5.32 Å². The molecule has 0 aliphatic carbocycles. The molecule has 15 heavy (non-hydrogen) atoms. The fourth-order valence-electron chi connectivity index (χ4n) is 1.34. The van der Waals surface area contributed by atoms with Gasteiger partial charge in [-0.25, -0.2) is 0 Å². The minimum Gasteiger partial charge on any atom is -0.312 e. The molecule has 0 atom stereocenters. The normalized spacial score (nSPS) is 10.7. The van der Waals surface area contributed by atoms with E-state index in [0.717, 1.165) is 19.5 Å². The summed E-state index contributed by atoms with van der Waals surface area (Å²) in [5.74, 6) is 0. The quantitative estimate of drug-likeness (QED) is 0.826. The van der Waals surface area contributed by atoms with E-state index in [1.165, 1.54) is 14.2 Å². The molecule has 2 aromatic heterocycles. The average Bonchev–Trinajstić information content (AvgIpc) is 2.84. The molecule has 0 saturated carbocycles. The van der Waals surface area contributed by atoms with Crippen molar-refractivity contribution in [3.8, 4) is 0 Å². The largest absolute Gasteiger partial charge is 0.312 e. The topological polar surface area (TPSA) is 12.0 Å². The Bertz CT molecular complexity index is 394. The lowest BCUT2D eigenvalue weighted by Crippen LogP contribution is -2.15. The lowest BCUT2D eigenvalue weighted by Gasteiger charge is -2.01. The van der Waals surface area contributed by atoms with Crippen LogP contribution in [0.3, 0.4) is 0 Å². The molecule has 0 aromatic carbocycles. The first kappa shape index (κ1) is 11.3. The van der Waals surface area contributed by atoms with Gasteiger partial charge in [0.15, 0.2) is 0 Å². The van der Waals surface area contributed by atoms with Crippen LogP contribution in [0.1, 0.15) is 10.4 Å². The predicted molar refractivity (Wildman–Crippen MR) is 71.7 cm³/mol. The van der Waals surface area contributed by atoms with Gasteiger partial charge in [-0.15, -0.1) is 22.7 Å². The maximum atomic E-state index is 3.47. The summed E-state index contributed by atoms with van der Waals surface area (Å²) in [5, 5.41) is 7.76. The molecule has 0 unspecified atom stereocenters. The van der Waals surface area contributed by atoms with E-state index in [0.29, 0.717) is 0 Å². The summed E-state index contributed by atoms with van der Waals surface area (Å²) in [6.07, 6.45) is 1.13. The van der Waals surface area contributed by atoms with Crippen LogP contribution in [0.2, 0.25) is 0 Å². The van der Waals surface area contributed by atoms with Gasteiger partial charge in [-0.3, -0.25) is 0 Å². The van der Waals surface area contributed by atoms with E-state index in [1.54, 1.807) is 11.3 Å². The van der Waals surface area contributed by atoms with Crippen LogP contribution in [0.5, 0.6) is 0 Å². The zero-order valence-electron chi connectivity index (χ0n) is 8.20. The monoisotopic (exact) mass is 301 g/mol. The Morgan fingerprint density at radius 1 is 1.33 bits per heavy atom. The van der Waals surface area contributed by atoms with Gasteiger partial charge in [0.2, 0.25) is 0 Å². The zero-order chi connectivity index (χ0) is 10.5. The van der Waals surface area contributed by atoms with E-state index in [-0.39, 0.29) is 0 Å². The minimum absolute atomic E-state index is 0.966. The Morgan fingerprint density at radius 2 is 2.27 bits per heavy atom. The van der Waals surface area contributed by atoms with Gasteiger partial charge in [-0.05, 0) is 50.8 Å². The van der Waals surface area contributed by atoms with Gasteiger partial charge in [0.1, 0.15) is 0 Å². The van der Waals surface area contributed by atoms with E-state index >= 15 is 0 Å². The van der Waals surface area contributed by atoms with Crippen LogP contribution in [-0.4, -0.2) is 6.54 Å². The van der Waals surface area contributed by atoms with Gasteiger partial charge in [0, 0.05) is 18.0 Å². The first-order chi connectivity index (χ1) is 7.34. The van der Waals surface area contributed by atoms with Crippen molar-refractivity contribution < 1.29 is 0 Å². The van der Waals surface area contributed by atoms with Crippen LogP contribution >= 0.6 is 38.6 Å². The number of nitrogens with one attached hydrogen (secondary N) is 1. The minimum atomic E-state index is 0.966. The molecular formula is C11H12BrNS2. The number of hydrogen-bond acceptors (Lipinski definition) is 3. The Labute approximate surface area is 106 Å². The predicted octanol–water partition coefficient (Wildman–Crippen LogP) is 3.90. The molecule has 4 heteroatoms. The van der Waals surface area contributed by atoms with Crippen molar-refractivity contribution >= 4 is 38.6 Å². The standard InChI is InChI=1S/C11H12BrNS2/c12-11-6-9(8-15-11)7-13-4-3-10-2-1-5-14-10/h1-2,5-6,8,13H,3-4,7H2. The van der Waals surface area contributed by atoms with Crippen molar-refractivity contribution in [1.82, 2.24) is 5.32 Å². The van der Waals surface area contributed by atoms with Crippen LogP contribution in [0.15, 0.2) is 32.7 Å². The van der Waals surface area contributed by atoms with E-state index < -0.39 is 0 Å². The molecule has 0 amide bonds. The molecule has 1 N–H and O–H groups in total. The third kappa shape index (κ3) is 3.72. The van der Waals surface area contributed by atoms with Gasteiger partial charge in [0.25, 0.3) is 0 Å². The lowest BCUT2D eigenvalue weighted by molar-refractivity contribution is 0.692. The Balaban J connectivity index is 1.67. The molecule has 2 aromatic rings. The highest BCUT2D eigenvalue weighted by atomic mass is 79.9. The van der Waals surface area contributed by atoms with E-state index in [1.807, 2.05) is 11.3 Å². The second-order valence-electron chi connectivity index (χ2n) is 3.27. The van der Waals surface area contributed by atoms with Crippen molar-refractivity contribution in [3.63, 3.8) is 0 Å². The molecule has 0 bridgehead atoms. The SMILES string of the molecule is Brc1cc(CNCCc2cccs2)cs1. The smallest absolute Gasteiger partial charge is 0.0701 e. The number of rotatable bonds is 5. The number of hydrogen-bond donors (Lipinski definition) is 1. The van der Waals surface area contributed by atoms with Crippen molar-refractivity contribution in [2.75, 3.05) is 6.54 Å². The summed E-state index contributed by atoms with van der Waals surface area (Å²) in [5.41, 5.74) is 1.36. The Morgan fingerprint density at radius 3 is 2.93 bits per heavy atom. The molecule has 0 saturated heterocycles. The fraction of sp³-hybridized carbons (Fsp3) is 0.273. The van der Waals surface area contributed by atoms with Gasteiger partial charge < -0.3 is 5.32 Å². The third-order valence-corrected chi connectivity index (χ3v) is 4.57. The molecule has 0 aliphatic heterocycles. The van der Waals surface area contributed by atoms with Crippen molar-refractivity contribution in [1.29, 1.82) is 0 Å². The summed E-state index contributed by atoms with van der Waals surface area (Å²) in [6, 6.07) is 6.46. The number of halogens is 1. The molecule has 0 aliphatic rings. The van der Waals surface area contributed by atoms with E-state index in [4.69, 9.17) is 0 Å². The molecule has 2 heterocycles. The first-order valence-electron chi connectivity index (χ1n) is 4.80. The van der Waals surface area contributed by atoms with Crippen LogP contribution in [-0.2, 0) is 13.0 Å². The van der Waals surface area contributed by atoms with Gasteiger partial charge in [-0.1, -0.05) is 6.07 Å². The van der Waals surface area contributed by atoms with Crippen LogP contribution in [0.4, 0.5) is 0 Å². The van der Waals surface area contributed by atoms with Gasteiger partial charge in [-0.2, -0.15) is 0 Å². The maximum Gasteiger partial charge on any atom is 0.0701 e. The Hall–Kier alpha value is -0.160. The highest BCUT2D eigenvalue weighted by molar-refractivity contribution is 9.11. The van der Waals surface area contributed by atoms with Crippen LogP contribution in [0, 0.1) is 0 Å².